The topological polar surface area (TPSA) is 19.7 Å². The highest BCUT2D eigenvalue weighted by Crippen LogP contribution is 2.38. The first-order chi connectivity index (χ1) is 11.7. The molecule has 2 heteroatoms. The van der Waals surface area contributed by atoms with Crippen LogP contribution in [0.15, 0.2) is 60.7 Å². The quantitative estimate of drug-likeness (QED) is 0.439. The van der Waals surface area contributed by atoms with Crippen molar-refractivity contribution in [3.63, 3.8) is 0 Å². The molecule has 0 amide bonds. The van der Waals surface area contributed by atoms with Crippen molar-refractivity contribution < 1.29 is 4.57 Å². The number of rotatable bonds is 1. The van der Waals surface area contributed by atoms with Gasteiger partial charge in [0.15, 0.2) is 11.0 Å². The maximum absolute atomic E-state index is 3.64. The fraction of sp³-hybridized carbons (Fsp3) is 0.136. The molecule has 0 saturated heterocycles. The molecule has 1 aliphatic carbocycles. The molecule has 0 atom stereocenters. The van der Waals surface area contributed by atoms with Crippen LogP contribution in [-0.4, -0.2) is 4.98 Å². The van der Waals surface area contributed by atoms with Crippen LogP contribution in [0.3, 0.4) is 0 Å². The SMILES string of the molecule is Cc1ccccc1-c1[nH]c2cc3c(cc2[n+]1C)Cc1ccccc1-3. The van der Waals surface area contributed by atoms with Gasteiger partial charge in [0.1, 0.15) is 0 Å². The van der Waals surface area contributed by atoms with E-state index in [1.54, 1.807) is 0 Å². The lowest BCUT2D eigenvalue weighted by molar-refractivity contribution is -0.633. The summed E-state index contributed by atoms with van der Waals surface area (Å²) in [6, 6.07) is 21.9. The summed E-state index contributed by atoms with van der Waals surface area (Å²) in [6.07, 6.45) is 1.03. The van der Waals surface area contributed by atoms with Crippen molar-refractivity contribution in [2.24, 2.45) is 7.05 Å². The lowest BCUT2D eigenvalue weighted by Crippen LogP contribution is -2.29. The Bertz CT molecular complexity index is 1100. The summed E-state index contributed by atoms with van der Waals surface area (Å²) >= 11 is 0. The van der Waals surface area contributed by atoms with E-state index in [9.17, 15) is 0 Å². The number of imidazole rings is 1. The van der Waals surface area contributed by atoms with Crippen LogP contribution in [0, 0.1) is 6.92 Å². The Morgan fingerprint density at radius 2 is 1.58 bits per heavy atom. The highest BCUT2D eigenvalue weighted by atomic mass is 15.1. The van der Waals surface area contributed by atoms with E-state index in [0.717, 1.165) is 6.42 Å². The zero-order chi connectivity index (χ0) is 16.3. The predicted molar refractivity (Wildman–Crippen MR) is 97.9 cm³/mol. The fourth-order valence-corrected chi connectivity index (χ4v) is 3.97. The highest BCUT2D eigenvalue weighted by Gasteiger charge is 2.24. The molecule has 0 aliphatic heterocycles. The van der Waals surface area contributed by atoms with Gasteiger partial charge in [0.05, 0.1) is 12.6 Å². The van der Waals surface area contributed by atoms with Gasteiger partial charge in [0, 0.05) is 0 Å². The Hall–Kier alpha value is -2.87. The zero-order valence-corrected chi connectivity index (χ0v) is 13.9. The molecule has 1 heterocycles. The molecular formula is C22H19N2+. The van der Waals surface area contributed by atoms with Gasteiger partial charge in [-0.2, -0.15) is 0 Å². The van der Waals surface area contributed by atoms with Gasteiger partial charge in [0.25, 0.3) is 5.82 Å². The van der Waals surface area contributed by atoms with Crippen LogP contribution in [0.5, 0.6) is 0 Å². The van der Waals surface area contributed by atoms with Crippen molar-refractivity contribution in [1.29, 1.82) is 0 Å². The second-order valence-electron chi connectivity index (χ2n) is 6.71. The molecule has 0 unspecified atom stereocenters. The van der Waals surface area contributed by atoms with Crippen LogP contribution in [0.1, 0.15) is 16.7 Å². The first-order valence-corrected chi connectivity index (χ1v) is 8.41. The lowest BCUT2D eigenvalue weighted by atomic mass is 10.1. The fourth-order valence-electron chi connectivity index (χ4n) is 3.97. The second kappa shape index (κ2) is 4.81. The van der Waals surface area contributed by atoms with E-state index < -0.39 is 0 Å². The third-order valence-corrected chi connectivity index (χ3v) is 5.26. The molecule has 3 aromatic carbocycles. The standard InChI is InChI=1S/C22H18N2/c1-14-7-3-5-9-17(14)22-23-20-13-19-16(12-21(20)24(22)2)11-15-8-4-6-10-18(15)19/h3-10,12-13H,11H2,1-2H3/p+1. The number of aromatic nitrogens is 2. The van der Waals surface area contributed by atoms with E-state index in [4.69, 9.17) is 0 Å². The van der Waals surface area contributed by atoms with Gasteiger partial charge in [-0.3, -0.25) is 0 Å². The summed E-state index contributed by atoms with van der Waals surface area (Å²) in [5, 5.41) is 0. The minimum atomic E-state index is 1.03. The summed E-state index contributed by atoms with van der Waals surface area (Å²) in [5.41, 5.74) is 10.6. The first-order valence-electron chi connectivity index (χ1n) is 8.41. The molecule has 0 fully saturated rings. The molecule has 2 nitrogen and oxygen atoms in total. The van der Waals surface area contributed by atoms with Crippen molar-refractivity contribution in [3.05, 3.63) is 77.4 Å². The number of H-pyrrole nitrogens is 1. The third-order valence-electron chi connectivity index (χ3n) is 5.26. The van der Waals surface area contributed by atoms with Crippen LogP contribution in [-0.2, 0) is 13.5 Å². The molecule has 5 rings (SSSR count). The summed E-state index contributed by atoms with van der Waals surface area (Å²) in [7, 11) is 2.15. The summed E-state index contributed by atoms with van der Waals surface area (Å²) in [6.45, 7) is 2.16. The van der Waals surface area contributed by atoms with Gasteiger partial charge in [-0.05, 0) is 59.4 Å². The number of nitrogens with zero attached hydrogens (tertiary/aromatic N) is 1. The molecule has 116 valence electrons. The van der Waals surface area contributed by atoms with Gasteiger partial charge in [-0.25, -0.2) is 9.55 Å². The molecule has 1 aliphatic rings. The van der Waals surface area contributed by atoms with Crippen molar-refractivity contribution >= 4 is 11.0 Å². The number of benzene rings is 3. The smallest absolute Gasteiger partial charge is 0.236 e. The van der Waals surface area contributed by atoms with Gasteiger partial charge >= 0.3 is 0 Å². The number of fused-ring (bicyclic) bond motifs is 4. The van der Waals surface area contributed by atoms with Crippen molar-refractivity contribution in [1.82, 2.24) is 4.98 Å². The van der Waals surface area contributed by atoms with Gasteiger partial charge in [-0.1, -0.05) is 42.5 Å². The Balaban J connectivity index is 1.76. The Morgan fingerprint density at radius 3 is 2.42 bits per heavy atom. The van der Waals surface area contributed by atoms with E-state index in [1.165, 1.54) is 50.2 Å². The second-order valence-corrected chi connectivity index (χ2v) is 6.71. The van der Waals surface area contributed by atoms with Gasteiger partial charge in [0.2, 0.25) is 0 Å². The van der Waals surface area contributed by atoms with E-state index in [-0.39, 0.29) is 0 Å². The summed E-state index contributed by atoms with van der Waals surface area (Å²) < 4.78 is 2.28. The van der Waals surface area contributed by atoms with Crippen LogP contribution in [0.2, 0.25) is 0 Å². The molecule has 1 N–H and O–H groups in total. The van der Waals surface area contributed by atoms with Crippen molar-refractivity contribution in [3.8, 4) is 22.5 Å². The average Bonchev–Trinajstić information content (AvgIpc) is 3.11. The number of hydrogen-bond acceptors (Lipinski definition) is 0. The number of aryl methyl sites for hydroxylation is 2. The van der Waals surface area contributed by atoms with E-state index >= 15 is 0 Å². The Morgan fingerprint density at radius 1 is 0.833 bits per heavy atom. The summed E-state index contributed by atoms with van der Waals surface area (Å²) in [4.78, 5) is 3.64. The third kappa shape index (κ3) is 1.80. The van der Waals surface area contributed by atoms with Gasteiger partial charge < -0.3 is 0 Å². The molecule has 0 spiro atoms. The molecule has 4 aromatic rings. The maximum Gasteiger partial charge on any atom is 0.287 e. The normalized spacial score (nSPS) is 12.4. The minimum absolute atomic E-state index is 1.03. The molecular weight excluding hydrogens is 292 g/mol. The molecule has 24 heavy (non-hydrogen) atoms. The lowest BCUT2D eigenvalue weighted by Gasteiger charge is -2.00. The van der Waals surface area contributed by atoms with Crippen molar-refractivity contribution in [2.45, 2.75) is 13.3 Å². The average molecular weight is 311 g/mol. The molecule has 1 aromatic heterocycles. The van der Waals surface area contributed by atoms with E-state index in [1.807, 2.05) is 0 Å². The molecule has 0 radical (unpaired) electrons. The van der Waals surface area contributed by atoms with E-state index in [2.05, 4.69) is 84.2 Å². The largest absolute Gasteiger partial charge is 0.287 e. The zero-order valence-electron chi connectivity index (χ0n) is 13.9. The van der Waals surface area contributed by atoms with Crippen LogP contribution < -0.4 is 4.57 Å². The number of aromatic amines is 1. The van der Waals surface area contributed by atoms with Gasteiger partial charge in [-0.15, -0.1) is 0 Å². The Kier molecular flexibility index (Phi) is 2.72. The van der Waals surface area contributed by atoms with Crippen LogP contribution in [0.4, 0.5) is 0 Å². The maximum atomic E-state index is 3.64. The molecule has 0 saturated carbocycles. The van der Waals surface area contributed by atoms with Crippen LogP contribution in [0.25, 0.3) is 33.5 Å². The minimum Gasteiger partial charge on any atom is -0.236 e. The van der Waals surface area contributed by atoms with E-state index in [0.29, 0.717) is 0 Å². The molecule has 0 bridgehead atoms. The highest BCUT2D eigenvalue weighted by molar-refractivity contribution is 5.87. The first kappa shape index (κ1) is 13.6. The number of nitrogens with one attached hydrogen (secondary N) is 1. The summed E-state index contributed by atoms with van der Waals surface area (Å²) in [5.74, 6) is 1.17. The predicted octanol–water partition coefficient (Wildman–Crippen LogP) is 4.54. The Labute approximate surface area is 141 Å². The van der Waals surface area contributed by atoms with Crippen LogP contribution >= 0.6 is 0 Å². The monoisotopic (exact) mass is 311 g/mol. The van der Waals surface area contributed by atoms with Crippen molar-refractivity contribution in [2.75, 3.05) is 0 Å². The number of hydrogen-bond donors (Lipinski definition) is 1.